The largest absolute Gasteiger partial charge is 0.338 e. The minimum atomic E-state index is -0.286. The van der Waals surface area contributed by atoms with E-state index in [2.05, 4.69) is 11.8 Å². The lowest BCUT2D eigenvalue weighted by Gasteiger charge is -2.48. The Morgan fingerprint density at radius 1 is 1.35 bits per heavy atom. The van der Waals surface area contributed by atoms with Gasteiger partial charge in [-0.3, -0.25) is 4.79 Å². The molecule has 0 radical (unpaired) electrons. The average Bonchev–Trinajstić information content (AvgIpc) is 2.38. The maximum Gasteiger partial charge on any atom is 0.239 e. The molecule has 1 saturated heterocycles. The summed E-state index contributed by atoms with van der Waals surface area (Å²) < 4.78 is 0. The van der Waals surface area contributed by atoms with E-state index in [1.165, 1.54) is 25.7 Å². The first-order valence-electron chi connectivity index (χ1n) is 7.21. The predicted octanol–water partition coefficient (Wildman–Crippen LogP) is 2.15. The SMILES string of the molecule is CC[C@H](N)C(=O)N1CCC(C)C2CCCCC21. The van der Waals surface area contributed by atoms with Crippen molar-refractivity contribution in [3.8, 4) is 0 Å². The molecule has 1 aliphatic carbocycles. The van der Waals surface area contributed by atoms with Crippen molar-refractivity contribution in [1.82, 2.24) is 4.90 Å². The molecule has 1 amide bonds. The van der Waals surface area contributed by atoms with Crippen LogP contribution in [0.4, 0.5) is 0 Å². The maximum absolute atomic E-state index is 12.3. The van der Waals surface area contributed by atoms with Crippen molar-refractivity contribution in [2.75, 3.05) is 6.54 Å². The molecule has 1 heterocycles. The van der Waals surface area contributed by atoms with E-state index in [1.54, 1.807) is 0 Å². The topological polar surface area (TPSA) is 46.3 Å². The number of carbonyl (C=O) groups is 1. The fourth-order valence-electron chi connectivity index (χ4n) is 3.57. The van der Waals surface area contributed by atoms with Gasteiger partial charge in [-0.05, 0) is 37.5 Å². The number of carbonyl (C=O) groups excluding carboxylic acids is 1. The van der Waals surface area contributed by atoms with Crippen LogP contribution in [0.2, 0.25) is 0 Å². The highest BCUT2D eigenvalue weighted by Crippen LogP contribution is 2.38. The van der Waals surface area contributed by atoms with Crippen LogP contribution in [-0.2, 0) is 4.79 Å². The second-order valence-corrected chi connectivity index (χ2v) is 5.83. The van der Waals surface area contributed by atoms with Gasteiger partial charge in [0.25, 0.3) is 0 Å². The summed E-state index contributed by atoms with van der Waals surface area (Å²) in [5.41, 5.74) is 5.91. The lowest BCUT2D eigenvalue weighted by molar-refractivity contribution is -0.140. The van der Waals surface area contributed by atoms with Crippen LogP contribution in [0.15, 0.2) is 0 Å². The molecule has 2 N–H and O–H groups in total. The molecule has 0 aromatic heterocycles. The van der Waals surface area contributed by atoms with Gasteiger partial charge in [-0.25, -0.2) is 0 Å². The van der Waals surface area contributed by atoms with Gasteiger partial charge in [0.05, 0.1) is 6.04 Å². The minimum Gasteiger partial charge on any atom is -0.338 e. The molecule has 0 bridgehead atoms. The van der Waals surface area contributed by atoms with Gasteiger partial charge in [0, 0.05) is 12.6 Å². The molecule has 0 aromatic rings. The van der Waals surface area contributed by atoms with Gasteiger partial charge >= 0.3 is 0 Å². The summed E-state index contributed by atoms with van der Waals surface area (Å²) in [4.78, 5) is 14.4. The predicted molar refractivity (Wildman–Crippen MR) is 69.5 cm³/mol. The van der Waals surface area contributed by atoms with Crippen LogP contribution in [-0.4, -0.2) is 29.4 Å². The monoisotopic (exact) mass is 238 g/mol. The fraction of sp³-hybridized carbons (Fsp3) is 0.929. The molecule has 3 unspecified atom stereocenters. The van der Waals surface area contributed by atoms with Crippen molar-refractivity contribution in [2.45, 2.75) is 64.5 Å². The zero-order valence-corrected chi connectivity index (χ0v) is 11.2. The van der Waals surface area contributed by atoms with Crippen molar-refractivity contribution in [2.24, 2.45) is 17.6 Å². The van der Waals surface area contributed by atoms with Crippen molar-refractivity contribution < 1.29 is 4.79 Å². The van der Waals surface area contributed by atoms with Crippen LogP contribution < -0.4 is 5.73 Å². The van der Waals surface area contributed by atoms with Gasteiger partial charge in [0.15, 0.2) is 0 Å². The number of amides is 1. The Hall–Kier alpha value is -0.570. The standard InChI is InChI=1S/C14H26N2O/c1-3-12(15)14(17)16-9-8-10(2)11-6-4-5-7-13(11)16/h10-13H,3-9,15H2,1-2H3/t10?,11?,12-,13?/m0/s1. The number of hydrogen-bond acceptors (Lipinski definition) is 2. The number of hydrogen-bond donors (Lipinski definition) is 1. The van der Waals surface area contributed by atoms with Gasteiger partial charge in [-0.15, -0.1) is 0 Å². The van der Waals surface area contributed by atoms with E-state index in [0.29, 0.717) is 6.04 Å². The molecule has 98 valence electrons. The normalized spacial score (nSPS) is 35.2. The highest BCUT2D eigenvalue weighted by atomic mass is 16.2. The van der Waals surface area contributed by atoms with Crippen molar-refractivity contribution >= 4 is 5.91 Å². The van der Waals surface area contributed by atoms with Gasteiger partial charge in [0.2, 0.25) is 5.91 Å². The molecule has 0 aromatic carbocycles. The van der Waals surface area contributed by atoms with E-state index >= 15 is 0 Å². The summed E-state index contributed by atoms with van der Waals surface area (Å²) in [6, 6.07) is 0.198. The van der Waals surface area contributed by atoms with Crippen LogP contribution in [0.25, 0.3) is 0 Å². The van der Waals surface area contributed by atoms with Gasteiger partial charge < -0.3 is 10.6 Å². The van der Waals surface area contributed by atoms with E-state index in [0.717, 1.165) is 31.2 Å². The molecule has 2 fully saturated rings. The van der Waals surface area contributed by atoms with Crippen LogP contribution in [0.3, 0.4) is 0 Å². The first-order chi connectivity index (χ1) is 8.15. The average molecular weight is 238 g/mol. The Bertz CT molecular complexity index is 279. The molecule has 3 heteroatoms. The van der Waals surface area contributed by atoms with Crippen molar-refractivity contribution in [3.63, 3.8) is 0 Å². The zero-order chi connectivity index (χ0) is 12.4. The van der Waals surface area contributed by atoms with E-state index in [9.17, 15) is 4.79 Å². The van der Waals surface area contributed by atoms with Crippen LogP contribution in [0.1, 0.15) is 52.4 Å². The molecule has 1 saturated carbocycles. The third kappa shape index (κ3) is 2.49. The van der Waals surface area contributed by atoms with Crippen molar-refractivity contribution in [3.05, 3.63) is 0 Å². The van der Waals surface area contributed by atoms with Crippen LogP contribution >= 0.6 is 0 Å². The Balaban J connectivity index is 2.09. The molecule has 3 nitrogen and oxygen atoms in total. The molecular formula is C14H26N2O. The third-order valence-corrected chi connectivity index (χ3v) is 4.78. The molecule has 1 aliphatic heterocycles. The summed E-state index contributed by atoms with van der Waals surface area (Å²) in [6.07, 6.45) is 7.02. The first-order valence-corrected chi connectivity index (χ1v) is 7.21. The number of piperidine rings is 1. The summed E-state index contributed by atoms with van der Waals surface area (Å²) in [5, 5.41) is 0. The number of likely N-dealkylation sites (tertiary alicyclic amines) is 1. The Labute approximate surface area is 105 Å². The van der Waals surface area contributed by atoms with Gasteiger partial charge in [0.1, 0.15) is 0 Å². The Kier molecular flexibility index (Phi) is 4.08. The maximum atomic E-state index is 12.3. The minimum absolute atomic E-state index is 0.191. The summed E-state index contributed by atoms with van der Waals surface area (Å²) in [6.45, 7) is 5.27. The molecule has 17 heavy (non-hydrogen) atoms. The molecular weight excluding hydrogens is 212 g/mol. The zero-order valence-electron chi connectivity index (χ0n) is 11.2. The first kappa shape index (κ1) is 12.9. The highest BCUT2D eigenvalue weighted by molar-refractivity contribution is 5.82. The summed E-state index contributed by atoms with van der Waals surface area (Å²) in [5.74, 6) is 1.70. The van der Waals surface area contributed by atoms with Gasteiger partial charge in [-0.1, -0.05) is 26.7 Å². The summed E-state index contributed by atoms with van der Waals surface area (Å²) in [7, 11) is 0. The quantitative estimate of drug-likeness (QED) is 0.801. The summed E-state index contributed by atoms with van der Waals surface area (Å²) >= 11 is 0. The van der Waals surface area contributed by atoms with Crippen molar-refractivity contribution in [1.29, 1.82) is 0 Å². The van der Waals surface area contributed by atoms with Crippen LogP contribution in [0.5, 0.6) is 0 Å². The fourth-order valence-corrected chi connectivity index (χ4v) is 3.57. The Morgan fingerprint density at radius 2 is 2.06 bits per heavy atom. The molecule has 0 spiro atoms. The smallest absolute Gasteiger partial charge is 0.239 e. The molecule has 2 aliphatic rings. The number of rotatable bonds is 2. The van der Waals surface area contributed by atoms with E-state index < -0.39 is 0 Å². The lowest BCUT2D eigenvalue weighted by Crippen LogP contribution is -2.56. The third-order valence-electron chi connectivity index (χ3n) is 4.78. The van der Waals surface area contributed by atoms with E-state index in [1.807, 2.05) is 6.92 Å². The van der Waals surface area contributed by atoms with E-state index in [4.69, 9.17) is 5.73 Å². The van der Waals surface area contributed by atoms with Crippen LogP contribution in [0, 0.1) is 11.8 Å². The highest BCUT2D eigenvalue weighted by Gasteiger charge is 2.40. The van der Waals surface area contributed by atoms with Gasteiger partial charge in [-0.2, -0.15) is 0 Å². The Morgan fingerprint density at radius 3 is 2.76 bits per heavy atom. The number of nitrogens with zero attached hydrogens (tertiary/aromatic N) is 1. The second kappa shape index (κ2) is 5.38. The molecule has 2 rings (SSSR count). The lowest BCUT2D eigenvalue weighted by atomic mass is 9.72. The van der Waals surface area contributed by atoms with E-state index in [-0.39, 0.29) is 11.9 Å². The number of nitrogens with two attached hydrogens (primary N) is 1. The number of fused-ring (bicyclic) bond motifs is 1. The second-order valence-electron chi connectivity index (χ2n) is 5.83. The molecule has 4 atom stereocenters.